The molecule has 1 saturated heterocycles. The minimum atomic E-state index is -4.13. The number of aryl methyl sites for hydroxylation is 1. The highest BCUT2D eigenvalue weighted by Crippen LogP contribution is 2.26. The van der Waals surface area contributed by atoms with E-state index in [0.29, 0.717) is 19.6 Å². The second-order valence-corrected chi connectivity index (χ2v) is 11.3. The SMILES string of the molecule is N[C@@H](Cc1ccccc1)C(=O)N(C(=O)N1CCOCC1)[C@@H](CCc1ccccc1)S(=O)(=O)c1ccccc1. The number of hydrogen-bond donors (Lipinski definition) is 1. The zero-order valence-corrected chi connectivity index (χ0v) is 22.0. The molecule has 0 radical (unpaired) electrons. The van der Waals surface area contributed by atoms with Gasteiger partial charge in [-0.3, -0.25) is 4.79 Å². The van der Waals surface area contributed by atoms with Gasteiger partial charge in [-0.05, 0) is 42.5 Å². The Morgan fingerprint density at radius 3 is 1.95 bits per heavy atom. The molecule has 3 aromatic rings. The monoisotopic (exact) mass is 535 g/mol. The Bertz CT molecular complexity index is 1300. The average Bonchev–Trinajstić information content (AvgIpc) is 2.96. The molecule has 0 aromatic heterocycles. The van der Waals surface area contributed by atoms with E-state index < -0.39 is 33.2 Å². The number of sulfone groups is 1. The molecular formula is C29H33N3O5S. The summed E-state index contributed by atoms with van der Waals surface area (Å²) in [5, 5.41) is -1.44. The molecule has 3 aromatic carbocycles. The molecule has 200 valence electrons. The highest BCUT2D eigenvalue weighted by molar-refractivity contribution is 7.92. The van der Waals surface area contributed by atoms with Crippen molar-refractivity contribution in [3.8, 4) is 0 Å². The lowest BCUT2D eigenvalue weighted by Gasteiger charge is -2.37. The van der Waals surface area contributed by atoms with Gasteiger partial charge in [-0.25, -0.2) is 18.1 Å². The molecule has 0 spiro atoms. The molecule has 4 rings (SSSR count). The summed E-state index contributed by atoms with van der Waals surface area (Å²) >= 11 is 0. The van der Waals surface area contributed by atoms with Gasteiger partial charge in [0.25, 0.3) is 0 Å². The maximum absolute atomic E-state index is 14.0. The standard InChI is InChI=1S/C29H33N3O5S/c30-26(22-24-12-6-2-7-13-24)28(33)32(29(34)31-18-20-37-21-19-31)27(17-16-23-10-4-1-5-11-23)38(35,36)25-14-8-3-9-15-25/h1-15,26-27H,16-22,30H2/t26-,27+/m0/s1. The number of nitrogens with two attached hydrogens (primary N) is 1. The van der Waals surface area contributed by atoms with Crippen molar-refractivity contribution in [1.29, 1.82) is 0 Å². The van der Waals surface area contributed by atoms with Crippen molar-refractivity contribution >= 4 is 21.8 Å². The number of carbonyl (C=O) groups excluding carboxylic acids is 2. The number of nitrogens with zero attached hydrogens (tertiary/aromatic N) is 2. The topological polar surface area (TPSA) is 110 Å². The lowest BCUT2D eigenvalue weighted by Crippen LogP contribution is -2.59. The van der Waals surface area contributed by atoms with Crippen LogP contribution in [-0.2, 0) is 32.2 Å². The van der Waals surface area contributed by atoms with Gasteiger partial charge in [0.2, 0.25) is 5.91 Å². The van der Waals surface area contributed by atoms with Crippen molar-refractivity contribution < 1.29 is 22.7 Å². The molecule has 0 saturated carbocycles. The van der Waals surface area contributed by atoms with Crippen molar-refractivity contribution in [3.05, 3.63) is 102 Å². The molecule has 1 aliphatic rings. The summed E-state index contributed by atoms with van der Waals surface area (Å²) in [6.07, 6.45) is 0.552. The number of hydrogen-bond acceptors (Lipinski definition) is 6. The maximum atomic E-state index is 14.0. The van der Waals surface area contributed by atoms with E-state index in [4.69, 9.17) is 10.5 Å². The summed E-state index contributed by atoms with van der Waals surface area (Å²) in [4.78, 5) is 30.2. The number of ether oxygens (including phenoxy) is 1. The first-order valence-electron chi connectivity index (χ1n) is 12.7. The Kier molecular flexibility index (Phi) is 9.28. The summed E-state index contributed by atoms with van der Waals surface area (Å²) in [5.41, 5.74) is 8.08. The van der Waals surface area contributed by atoms with E-state index in [0.717, 1.165) is 16.0 Å². The van der Waals surface area contributed by atoms with Gasteiger partial charge >= 0.3 is 6.03 Å². The van der Waals surface area contributed by atoms with Crippen molar-refractivity contribution in [2.24, 2.45) is 5.73 Å². The van der Waals surface area contributed by atoms with E-state index >= 15 is 0 Å². The fraction of sp³-hybridized carbons (Fsp3) is 0.310. The molecule has 38 heavy (non-hydrogen) atoms. The van der Waals surface area contributed by atoms with Gasteiger partial charge in [0, 0.05) is 13.1 Å². The predicted octanol–water partition coefficient (Wildman–Crippen LogP) is 3.27. The second-order valence-electron chi connectivity index (χ2n) is 9.22. The fourth-order valence-electron chi connectivity index (χ4n) is 4.53. The van der Waals surface area contributed by atoms with E-state index in [-0.39, 0.29) is 30.8 Å². The lowest BCUT2D eigenvalue weighted by molar-refractivity contribution is -0.131. The van der Waals surface area contributed by atoms with Crippen molar-refractivity contribution in [1.82, 2.24) is 9.80 Å². The Labute approximate surface area is 223 Å². The Balaban J connectivity index is 1.74. The smallest absolute Gasteiger partial charge is 0.328 e. The van der Waals surface area contributed by atoms with Crippen LogP contribution in [0.2, 0.25) is 0 Å². The normalized spacial score (nSPS) is 15.4. The van der Waals surface area contributed by atoms with Gasteiger partial charge in [0.05, 0.1) is 24.2 Å². The van der Waals surface area contributed by atoms with Crippen LogP contribution >= 0.6 is 0 Å². The zero-order valence-electron chi connectivity index (χ0n) is 21.2. The molecular weight excluding hydrogens is 502 g/mol. The summed E-state index contributed by atoms with van der Waals surface area (Å²) in [6.45, 7) is 1.13. The van der Waals surface area contributed by atoms with Gasteiger partial charge in [0.1, 0.15) is 5.37 Å². The quantitative estimate of drug-likeness (QED) is 0.450. The number of amides is 3. The van der Waals surface area contributed by atoms with E-state index in [1.807, 2.05) is 60.7 Å². The lowest BCUT2D eigenvalue weighted by atomic mass is 10.0. The van der Waals surface area contributed by atoms with Crippen LogP contribution in [0.25, 0.3) is 0 Å². The van der Waals surface area contributed by atoms with Gasteiger partial charge in [-0.1, -0.05) is 78.9 Å². The minimum Gasteiger partial charge on any atom is -0.378 e. The zero-order chi connectivity index (χ0) is 27.0. The third kappa shape index (κ3) is 6.66. The van der Waals surface area contributed by atoms with Crippen LogP contribution in [0.5, 0.6) is 0 Å². The summed E-state index contributed by atoms with van der Waals surface area (Å²) in [5.74, 6) is -0.720. The number of urea groups is 1. The average molecular weight is 536 g/mol. The first kappa shape index (κ1) is 27.5. The minimum absolute atomic E-state index is 0.0289. The fourth-order valence-corrected chi connectivity index (χ4v) is 6.28. The molecule has 1 aliphatic heterocycles. The first-order valence-corrected chi connectivity index (χ1v) is 14.2. The largest absolute Gasteiger partial charge is 0.378 e. The van der Waals surface area contributed by atoms with E-state index in [1.165, 1.54) is 17.0 Å². The number of carbonyl (C=O) groups is 2. The van der Waals surface area contributed by atoms with Crippen molar-refractivity contribution in [2.75, 3.05) is 26.3 Å². The molecule has 2 N–H and O–H groups in total. The van der Waals surface area contributed by atoms with E-state index in [9.17, 15) is 18.0 Å². The van der Waals surface area contributed by atoms with Gasteiger partial charge in [-0.15, -0.1) is 0 Å². The van der Waals surface area contributed by atoms with Gasteiger partial charge in [0.15, 0.2) is 9.84 Å². The molecule has 0 unspecified atom stereocenters. The third-order valence-corrected chi connectivity index (χ3v) is 8.67. The Morgan fingerprint density at radius 2 is 1.37 bits per heavy atom. The van der Waals surface area contributed by atoms with Crippen molar-refractivity contribution in [3.63, 3.8) is 0 Å². The summed E-state index contributed by atoms with van der Waals surface area (Å²) in [6, 6.07) is 24.8. The molecule has 1 fully saturated rings. The van der Waals surface area contributed by atoms with Crippen LogP contribution in [-0.4, -0.2) is 67.9 Å². The van der Waals surface area contributed by atoms with Crippen LogP contribution < -0.4 is 5.73 Å². The van der Waals surface area contributed by atoms with E-state index in [2.05, 4.69) is 0 Å². The van der Waals surface area contributed by atoms with Crippen molar-refractivity contribution in [2.45, 2.75) is 35.6 Å². The maximum Gasteiger partial charge on any atom is 0.328 e. The Hall–Kier alpha value is -3.53. The molecule has 8 nitrogen and oxygen atoms in total. The predicted molar refractivity (Wildman–Crippen MR) is 145 cm³/mol. The molecule has 3 amide bonds. The van der Waals surface area contributed by atoms with Gasteiger partial charge < -0.3 is 15.4 Å². The van der Waals surface area contributed by atoms with Crippen LogP contribution in [0.1, 0.15) is 17.5 Å². The number of rotatable bonds is 9. The van der Waals surface area contributed by atoms with Crippen LogP contribution in [0.3, 0.4) is 0 Å². The number of benzene rings is 3. The van der Waals surface area contributed by atoms with Crippen LogP contribution in [0.15, 0.2) is 95.9 Å². The number of morpholine rings is 1. The highest BCUT2D eigenvalue weighted by atomic mass is 32.2. The molecule has 9 heteroatoms. The number of imide groups is 1. The molecule has 0 bridgehead atoms. The van der Waals surface area contributed by atoms with Crippen LogP contribution in [0.4, 0.5) is 4.79 Å². The molecule has 2 atom stereocenters. The van der Waals surface area contributed by atoms with Crippen LogP contribution in [0, 0.1) is 0 Å². The highest BCUT2D eigenvalue weighted by Gasteiger charge is 2.43. The second kappa shape index (κ2) is 12.8. The summed E-state index contributed by atoms with van der Waals surface area (Å²) in [7, 11) is -4.13. The summed E-state index contributed by atoms with van der Waals surface area (Å²) < 4.78 is 33.5. The molecule has 0 aliphatic carbocycles. The van der Waals surface area contributed by atoms with Gasteiger partial charge in [-0.2, -0.15) is 0 Å². The molecule has 1 heterocycles. The first-order chi connectivity index (χ1) is 18.4. The third-order valence-electron chi connectivity index (χ3n) is 6.58. The Morgan fingerprint density at radius 1 is 0.842 bits per heavy atom. The van der Waals surface area contributed by atoms with E-state index in [1.54, 1.807) is 18.2 Å².